The Bertz CT molecular complexity index is 893. The quantitative estimate of drug-likeness (QED) is 0.338. The average molecular weight is 443 g/mol. The van der Waals surface area contributed by atoms with Crippen LogP contribution in [0.4, 0.5) is 13.2 Å². The molecule has 2 aromatic rings. The Hall–Kier alpha value is -2.33. The SMILES string of the molecule is C=CC1CCC(c2ccc(C(F)(F)OCCc3ccc(CC/C=C/C)cc3)c(F)c2)CC1. The Labute approximate surface area is 190 Å². The fourth-order valence-corrected chi connectivity index (χ4v) is 4.37. The highest BCUT2D eigenvalue weighted by Crippen LogP contribution is 2.38. The van der Waals surface area contributed by atoms with Crippen LogP contribution in [0.2, 0.25) is 0 Å². The minimum atomic E-state index is -3.66. The van der Waals surface area contributed by atoms with E-state index in [0.717, 1.165) is 49.7 Å². The summed E-state index contributed by atoms with van der Waals surface area (Å²) in [6, 6.07) is 12.0. The van der Waals surface area contributed by atoms with Crippen LogP contribution in [0.1, 0.15) is 67.2 Å². The summed E-state index contributed by atoms with van der Waals surface area (Å²) in [5, 5.41) is 0. The molecule has 1 fully saturated rings. The number of aryl methyl sites for hydroxylation is 1. The summed E-state index contributed by atoms with van der Waals surface area (Å²) in [6.07, 6.45) is 8.59. The predicted molar refractivity (Wildman–Crippen MR) is 124 cm³/mol. The van der Waals surface area contributed by atoms with Crippen molar-refractivity contribution in [1.82, 2.24) is 0 Å². The molecule has 0 bridgehead atoms. The van der Waals surface area contributed by atoms with E-state index in [9.17, 15) is 13.2 Å². The number of alkyl halides is 2. The van der Waals surface area contributed by atoms with Crippen molar-refractivity contribution in [1.29, 1.82) is 0 Å². The van der Waals surface area contributed by atoms with Gasteiger partial charge in [-0.1, -0.05) is 48.6 Å². The Kier molecular flexibility index (Phi) is 8.75. The van der Waals surface area contributed by atoms with Gasteiger partial charge in [-0.25, -0.2) is 4.39 Å². The number of benzene rings is 2. The van der Waals surface area contributed by atoms with E-state index in [-0.39, 0.29) is 12.5 Å². The Morgan fingerprint density at radius 3 is 2.25 bits per heavy atom. The predicted octanol–water partition coefficient (Wildman–Crippen LogP) is 8.10. The molecule has 1 aliphatic rings. The molecular formula is C28H33F3O. The molecule has 1 saturated carbocycles. The van der Waals surface area contributed by atoms with E-state index in [0.29, 0.717) is 12.3 Å². The summed E-state index contributed by atoms with van der Waals surface area (Å²) in [7, 11) is 0. The van der Waals surface area contributed by atoms with Gasteiger partial charge in [0.1, 0.15) is 5.82 Å². The highest BCUT2D eigenvalue weighted by atomic mass is 19.3. The van der Waals surface area contributed by atoms with Gasteiger partial charge in [-0.15, -0.1) is 6.58 Å². The van der Waals surface area contributed by atoms with Crippen molar-refractivity contribution < 1.29 is 17.9 Å². The maximum Gasteiger partial charge on any atom is 0.386 e. The maximum absolute atomic E-state index is 14.6. The van der Waals surface area contributed by atoms with E-state index in [2.05, 4.69) is 12.7 Å². The van der Waals surface area contributed by atoms with Crippen molar-refractivity contribution in [2.24, 2.45) is 5.92 Å². The maximum atomic E-state index is 14.6. The van der Waals surface area contributed by atoms with Crippen LogP contribution in [0.5, 0.6) is 0 Å². The second-order valence-electron chi connectivity index (χ2n) is 8.63. The molecule has 0 aromatic heterocycles. The number of hydrogen-bond donors (Lipinski definition) is 0. The van der Waals surface area contributed by atoms with Crippen LogP contribution >= 0.6 is 0 Å². The number of hydrogen-bond acceptors (Lipinski definition) is 1. The minimum Gasteiger partial charge on any atom is -0.316 e. The molecule has 4 heteroatoms. The Morgan fingerprint density at radius 2 is 1.66 bits per heavy atom. The van der Waals surface area contributed by atoms with Crippen molar-refractivity contribution in [3.05, 3.63) is 95.3 Å². The standard InChI is InChI=1S/C28H33F3O/c1-3-5-6-7-22-8-10-23(11-9-22)18-19-32-28(30,31)26-17-16-25(20-27(26)29)24-14-12-21(4-2)13-15-24/h3-5,8-11,16-17,20-21,24H,2,6-7,12-15,18-19H2,1H3/b5-3+. The van der Waals surface area contributed by atoms with Gasteiger partial charge < -0.3 is 4.74 Å². The Balaban J connectivity index is 1.54. The molecule has 0 spiro atoms. The molecule has 0 atom stereocenters. The van der Waals surface area contributed by atoms with Gasteiger partial charge in [0.25, 0.3) is 0 Å². The van der Waals surface area contributed by atoms with E-state index in [1.165, 1.54) is 17.7 Å². The van der Waals surface area contributed by atoms with Gasteiger partial charge in [-0.3, -0.25) is 0 Å². The first-order valence-corrected chi connectivity index (χ1v) is 11.6. The van der Waals surface area contributed by atoms with Crippen LogP contribution < -0.4 is 0 Å². The normalized spacial score (nSPS) is 19.4. The van der Waals surface area contributed by atoms with Crippen LogP contribution in [0.3, 0.4) is 0 Å². The Morgan fingerprint density at radius 1 is 1.00 bits per heavy atom. The second-order valence-corrected chi connectivity index (χ2v) is 8.63. The third-order valence-electron chi connectivity index (χ3n) is 6.42. The van der Waals surface area contributed by atoms with E-state index in [1.54, 1.807) is 6.07 Å². The molecule has 0 unspecified atom stereocenters. The zero-order valence-corrected chi connectivity index (χ0v) is 18.8. The second kappa shape index (κ2) is 11.5. The van der Waals surface area contributed by atoms with E-state index >= 15 is 0 Å². The van der Waals surface area contributed by atoms with Crippen LogP contribution in [0, 0.1) is 11.7 Å². The monoisotopic (exact) mass is 442 g/mol. The topological polar surface area (TPSA) is 9.23 Å². The lowest BCUT2D eigenvalue weighted by molar-refractivity contribution is -0.249. The van der Waals surface area contributed by atoms with Crippen molar-refractivity contribution in [3.8, 4) is 0 Å². The lowest BCUT2D eigenvalue weighted by Crippen LogP contribution is -2.22. The van der Waals surface area contributed by atoms with E-state index in [1.807, 2.05) is 43.3 Å². The molecule has 1 aliphatic carbocycles. The van der Waals surface area contributed by atoms with Gasteiger partial charge in [0.05, 0.1) is 12.2 Å². The molecule has 0 heterocycles. The zero-order valence-electron chi connectivity index (χ0n) is 18.8. The number of halogens is 3. The van der Waals surface area contributed by atoms with Crippen molar-refractivity contribution in [3.63, 3.8) is 0 Å². The number of allylic oxidation sites excluding steroid dienone is 3. The first-order valence-electron chi connectivity index (χ1n) is 11.6. The first-order chi connectivity index (χ1) is 15.4. The highest BCUT2D eigenvalue weighted by Gasteiger charge is 2.36. The molecule has 172 valence electrons. The summed E-state index contributed by atoms with van der Waals surface area (Å²) in [4.78, 5) is 0. The van der Waals surface area contributed by atoms with Crippen molar-refractivity contribution in [2.45, 2.75) is 63.9 Å². The van der Waals surface area contributed by atoms with Crippen molar-refractivity contribution in [2.75, 3.05) is 6.61 Å². The van der Waals surface area contributed by atoms with Gasteiger partial charge >= 0.3 is 6.11 Å². The first kappa shape index (κ1) is 24.3. The summed E-state index contributed by atoms with van der Waals surface area (Å²) in [5.74, 6) is -0.184. The van der Waals surface area contributed by atoms with Crippen LogP contribution in [-0.2, 0) is 23.7 Å². The third-order valence-corrected chi connectivity index (χ3v) is 6.42. The lowest BCUT2D eigenvalue weighted by Gasteiger charge is -2.27. The van der Waals surface area contributed by atoms with Crippen LogP contribution in [0.15, 0.2) is 67.3 Å². The van der Waals surface area contributed by atoms with E-state index < -0.39 is 17.5 Å². The largest absolute Gasteiger partial charge is 0.386 e. The molecule has 32 heavy (non-hydrogen) atoms. The molecule has 0 saturated heterocycles. The smallest absolute Gasteiger partial charge is 0.316 e. The number of rotatable bonds is 10. The zero-order chi connectivity index (χ0) is 23.0. The van der Waals surface area contributed by atoms with Crippen molar-refractivity contribution >= 4 is 0 Å². The summed E-state index contributed by atoms with van der Waals surface area (Å²) in [5.41, 5.74) is 2.22. The molecular weight excluding hydrogens is 409 g/mol. The molecule has 0 radical (unpaired) electrons. The van der Waals surface area contributed by atoms with Gasteiger partial charge in [0.15, 0.2) is 0 Å². The van der Waals surface area contributed by atoms with Gasteiger partial charge in [0.2, 0.25) is 0 Å². The molecule has 1 nitrogen and oxygen atoms in total. The fraction of sp³-hybridized carbons (Fsp3) is 0.429. The summed E-state index contributed by atoms with van der Waals surface area (Å²) in [6.45, 7) is 5.65. The molecule has 3 rings (SSSR count). The lowest BCUT2D eigenvalue weighted by atomic mass is 9.78. The van der Waals surface area contributed by atoms with Gasteiger partial charge in [0, 0.05) is 0 Å². The van der Waals surface area contributed by atoms with Crippen LogP contribution in [-0.4, -0.2) is 6.61 Å². The average Bonchev–Trinajstić information content (AvgIpc) is 2.80. The molecule has 2 aromatic carbocycles. The third kappa shape index (κ3) is 6.59. The molecule has 0 amide bonds. The summed E-state index contributed by atoms with van der Waals surface area (Å²) < 4.78 is 48.5. The summed E-state index contributed by atoms with van der Waals surface area (Å²) >= 11 is 0. The highest BCUT2D eigenvalue weighted by molar-refractivity contribution is 5.29. The fourth-order valence-electron chi connectivity index (χ4n) is 4.37. The number of ether oxygens (including phenoxy) is 1. The molecule has 0 N–H and O–H groups in total. The molecule has 0 aliphatic heterocycles. The van der Waals surface area contributed by atoms with E-state index in [4.69, 9.17) is 4.74 Å². The minimum absolute atomic E-state index is 0.183. The van der Waals surface area contributed by atoms with Gasteiger partial charge in [-0.2, -0.15) is 8.78 Å². The van der Waals surface area contributed by atoms with Gasteiger partial charge in [-0.05, 0) is 92.5 Å². The van der Waals surface area contributed by atoms with Crippen LogP contribution in [0.25, 0.3) is 0 Å².